The van der Waals surface area contributed by atoms with Crippen LogP contribution in [0.4, 0.5) is 14.9 Å². The number of rotatable bonds is 5. The lowest BCUT2D eigenvalue weighted by Crippen LogP contribution is -2.49. The third kappa shape index (κ3) is 6.10. The van der Waals surface area contributed by atoms with Crippen LogP contribution in [0.15, 0.2) is 41.3 Å². The van der Waals surface area contributed by atoms with Crippen molar-refractivity contribution < 1.29 is 9.18 Å². The summed E-state index contributed by atoms with van der Waals surface area (Å²) >= 11 is 7.61. The van der Waals surface area contributed by atoms with E-state index in [1.165, 1.54) is 30.9 Å². The second-order valence-corrected chi connectivity index (χ2v) is 6.83. The Morgan fingerprint density at radius 3 is 2.48 bits per heavy atom. The first-order valence-electron chi connectivity index (χ1n) is 8.61. The van der Waals surface area contributed by atoms with Gasteiger partial charge in [0.2, 0.25) is 0 Å². The van der Waals surface area contributed by atoms with E-state index in [-0.39, 0.29) is 11.4 Å². The summed E-state index contributed by atoms with van der Waals surface area (Å²) in [7, 11) is 1.37. The normalized spacial score (nSPS) is 10.1. The molecule has 0 aromatic heterocycles. The third-order valence-corrected chi connectivity index (χ3v) is 5.16. The Bertz CT molecular complexity index is 773. The highest BCUT2D eigenvalue weighted by atomic mass is 35.5. The molecule has 0 spiro atoms. The molecule has 0 radical (unpaired) electrons. The van der Waals surface area contributed by atoms with Gasteiger partial charge in [-0.25, -0.2) is 25.9 Å². The number of hydrogen-bond acceptors (Lipinski definition) is 4. The molecule has 8 heteroatoms. The molecule has 0 aliphatic carbocycles. The van der Waals surface area contributed by atoms with Gasteiger partial charge < -0.3 is 0 Å². The number of carbonyl (C=O) groups excluding carboxylic acids is 1. The predicted octanol–water partition coefficient (Wildman–Crippen LogP) is 4.97. The number of nitrogens with two attached hydrogens (primary N) is 2. The molecule has 0 saturated heterocycles. The number of anilines is 1. The van der Waals surface area contributed by atoms with E-state index in [2.05, 4.69) is 0 Å². The number of halogens is 2. The van der Waals surface area contributed by atoms with Gasteiger partial charge in [-0.2, -0.15) is 0 Å². The van der Waals surface area contributed by atoms with Crippen LogP contribution in [0.3, 0.4) is 0 Å². The fourth-order valence-electron chi connectivity index (χ4n) is 2.22. The van der Waals surface area contributed by atoms with Crippen molar-refractivity contribution in [2.24, 2.45) is 11.7 Å². The van der Waals surface area contributed by atoms with Gasteiger partial charge in [0.15, 0.2) is 0 Å². The van der Waals surface area contributed by atoms with Crippen molar-refractivity contribution in [2.45, 2.75) is 37.8 Å². The number of hydrogen-bond donors (Lipinski definition) is 2. The molecule has 148 valence electrons. The van der Waals surface area contributed by atoms with Crippen molar-refractivity contribution in [2.75, 3.05) is 12.1 Å². The number of amides is 2. The first-order chi connectivity index (χ1) is 12.8. The minimum atomic E-state index is -0.650. The predicted molar refractivity (Wildman–Crippen MR) is 112 cm³/mol. The Morgan fingerprint density at radius 1 is 1.22 bits per heavy atom. The minimum Gasteiger partial charge on any atom is -0.264 e. The van der Waals surface area contributed by atoms with Gasteiger partial charge in [0, 0.05) is 23.3 Å². The zero-order chi connectivity index (χ0) is 20.6. The fraction of sp³-hybridized carbons (Fsp3) is 0.316. The molecule has 5 nitrogen and oxygen atoms in total. The first-order valence-corrected chi connectivity index (χ1v) is 9.97. The zero-order valence-corrected chi connectivity index (χ0v) is 17.6. The quantitative estimate of drug-likeness (QED) is 0.315. The van der Waals surface area contributed by atoms with Crippen LogP contribution in [0.5, 0.6) is 0 Å². The molecular formula is C19H26ClFN4OS. The Labute approximate surface area is 169 Å². The highest BCUT2D eigenvalue weighted by Gasteiger charge is 2.20. The van der Waals surface area contributed by atoms with Gasteiger partial charge in [0.05, 0.1) is 10.7 Å². The Hall–Kier alpha value is -1.80. The molecule has 0 unspecified atom stereocenters. The van der Waals surface area contributed by atoms with E-state index in [4.69, 9.17) is 23.3 Å². The van der Waals surface area contributed by atoms with Gasteiger partial charge in [-0.15, -0.1) is 11.8 Å². The van der Waals surface area contributed by atoms with Gasteiger partial charge >= 0.3 is 6.03 Å². The molecule has 0 atom stereocenters. The molecule has 0 fully saturated rings. The molecule has 0 saturated carbocycles. The smallest absolute Gasteiger partial charge is 0.264 e. The van der Waals surface area contributed by atoms with Gasteiger partial charge in [-0.3, -0.25) is 5.01 Å². The number of hydrazine groups is 2. The summed E-state index contributed by atoms with van der Waals surface area (Å²) in [6.45, 7) is 6.05. The van der Waals surface area contributed by atoms with E-state index in [1.807, 2.05) is 39.0 Å². The second-order valence-electron chi connectivity index (χ2n) is 5.41. The van der Waals surface area contributed by atoms with Crippen molar-refractivity contribution in [1.29, 1.82) is 0 Å². The number of urea groups is 1. The molecule has 2 aromatic carbocycles. The van der Waals surface area contributed by atoms with E-state index in [0.717, 1.165) is 26.9 Å². The summed E-state index contributed by atoms with van der Waals surface area (Å²) < 4.78 is 14.3. The van der Waals surface area contributed by atoms with Crippen LogP contribution in [0.1, 0.15) is 31.9 Å². The highest BCUT2D eigenvalue weighted by Crippen LogP contribution is 2.34. The van der Waals surface area contributed by atoms with Gasteiger partial charge in [0.25, 0.3) is 0 Å². The van der Waals surface area contributed by atoms with Crippen LogP contribution in [0.25, 0.3) is 0 Å². The van der Waals surface area contributed by atoms with E-state index >= 15 is 0 Å². The van der Waals surface area contributed by atoms with Crippen LogP contribution in [-0.2, 0) is 12.2 Å². The van der Waals surface area contributed by atoms with Crippen molar-refractivity contribution in [3.8, 4) is 0 Å². The van der Waals surface area contributed by atoms with Crippen LogP contribution in [0.2, 0.25) is 5.02 Å². The minimum absolute atomic E-state index is 0.262. The molecule has 4 N–H and O–H groups in total. The van der Waals surface area contributed by atoms with E-state index in [0.29, 0.717) is 10.6 Å². The Balaban J connectivity index is 0.00000176. The van der Waals surface area contributed by atoms with Crippen LogP contribution < -0.4 is 16.7 Å². The van der Waals surface area contributed by atoms with Crippen LogP contribution in [-0.4, -0.2) is 18.1 Å². The van der Waals surface area contributed by atoms with Gasteiger partial charge in [0.1, 0.15) is 5.82 Å². The average Bonchev–Trinajstić information content (AvgIpc) is 2.68. The molecule has 2 amide bonds. The molecule has 0 heterocycles. The topological polar surface area (TPSA) is 75.6 Å². The number of thioether (sulfide) groups is 1. The number of aryl methyl sites for hydroxylation is 1. The van der Waals surface area contributed by atoms with Gasteiger partial charge in [-0.05, 0) is 36.2 Å². The Kier molecular flexibility index (Phi) is 9.59. The summed E-state index contributed by atoms with van der Waals surface area (Å²) in [6, 6.07) is 9.51. The molecular weight excluding hydrogens is 387 g/mol. The lowest BCUT2D eigenvalue weighted by Gasteiger charge is -2.23. The summed E-state index contributed by atoms with van der Waals surface area (Å²) in [5.74, 6) is 11.1. The average molecular weight is 413 g/mol. The maximum Gasteiger partial charge on any atom is 0.352 e. The first kappa shape index (κ1) is 23.2. The fourth-order valence-corrected chi connectivity index (χ4v) is 3.52. The summed E-state index contributed by atoms with van der Waals surface area (Å²) in [6.07, 6.45) is 0.879. The number of benzene rings is 2. The maximum atomic E-state index is 14.3. The molecule has 0 aliphatic heterocycles. The zero-order valence-electron chi connectivity index (χ0n) is 16.0. The molecule has 0 aliphatic rings. The molecule has 2 aromatic rings. The molecule has 2 rings (SSSR count). The van der Waals surface area contributed by atoms with E-state index in [1.54, 1.807) is 6.07 Å². The Morgan fingerprint density at radius 2 is 1.89 bits per heavy atom. The third-order valence-electron chi connectivity index (χ3n) is 3.64. The van der Waals surface area contributed by atoms with Crippen molar-refractivity contribution in [3.05, 3.63) is 58.4 Å². The SMILES string of the molecule is CC.CCc1ccc(Cl)c(SCc2c(F)cccc2N(N)C(=O)N(C)N)c1. The molecule has 0 bridgehead atoms. The van der Waals surface area contributed by atoms with E-state index in [9.17, 15) is 9.18 Å². The number of carbonyl (C=O) groups is 1. The lowest BCUT2D eigenvalue weighted by molar-refractivity contribution is 0.216. The monoisotopic (exact) mass is 412 g/mol. The van der Waals surface area contributed by atoms with Crippen molar-refractivity contribution in [1.82, 2.24) is 5.01 Å². The highest BCUT2D eigenvalue weighted by molar-refractivity contribution is 7.98. The van der Waals surface area contributed by atoms with Crippen LogP contribution >= 0.6 is 23.4 Å². The van der Waals surface area contributed by atoms with Crippen molar-refractivity contribution in [3.63, 3.8) is 0 Å². The van der Waals surface area contributed by atoms with Crippen LogP contribution in [0, 0.1) is 5.82 Å². The maximum absolute atomic E-state index is 14.3. The lowest BCUT2D eigenvalue weighted by atomic mass is 10.2. The van der Waals surface area contributed by atoms with E-state index < -0.39 is 11.8 Å². The largest absolute Gasteiger partial charge is 0.352 e. The van der Waals surface area contributed by atoms with Gasteiger partial charge in [-0.1, -0.05) is 44.5 Å². The summed E-state index contributed by atoms with van der Waals surface area (Å²) in [4.78, 5) is 12.8. The summed E-state index contributed by atoms with van der Waals surface area (Å²) in [5.41, 5.74) is 1.71. The second kappa shape index (κ2) is 11.1. The standard InChI is InChI=1S/C17H20ClFN4OS.C2H6/c1-3-11-7-8-13(18)16(9-11)25-10-12-14(19)5-4-6-15(12)23(21)17(24)22(2)20;1-2/h4-9H,3,10,20-21H2,1-2H3;1-2H3. The molecule has 27 heavy (non-hydrogen) atoms. The number of nitrogens with zero attached hydrogens (tertiary/aromatic N) is 2. The summed E-state index contributed by atoms with van der Waals surface area (Å²) in [5, 5.41) is 2.27. The van der Waals surface area contributed by atoms with Crippen molar-refractivity contribution >= 4 is 35.1 Å².